The molecule has 0 spiro atoms. The van der Waals surface area contributed by atoms with Crippen LogP contribution in [0.15, 0.2) is 23.1 Å². The van der Waals surface area contributed by atoms with Gasteiger partial charge in [-0.25, -0.2) is 13.2 Å². The zero-order valence-corrected chi connectivity index (χ0v) is 11.2. The third-order valence-corrected chi connectivity index (χ3v) is 4.28. The van der Waals surface area contributed by atoms with E-state index in [1.807, 2.05) is 0 Å². The molecular weight excluding hydrogens is 256 g/mol. The van der Waals surface area contributed by atoms with Crippen LogP contribution in [0.3, 0.4) is 0 Å². The van der Waals surface area contributed by atoms with E-state index >= 15 is 0 Å². The van der Waals surface area contributed by atoms with E-state index in [9.17, 15) is 13.2 Å². The van der Waals surface area contributed by atoms with Crippen molar-refractivity contribution in [3.8, 4) is 0 Å². The monoisotopic (exact) mass is 272 g/mol. The average molecular weight is 272 g/mol. The maximum absolute atomic E-state index is 12.0. The van der Waals surface area contributed by atoms with Gasteiger partial charge in [0.05, 0.1) is 22.8 Å². The highest BCUT2D eigenvalue weighted by Crippen LogP contribution is 2.18. The molecule has 1 aromatic carbocycles. The van der Waals surface area contributed by atoms with Gasteiger partial charge in [0.25, 0.3) is 0 Å². The minimum absolute atomic E-state index is 0.0319. The first kappa shape index (κ1) is 14.7. The Hall–Kier alpha value is -1.40. The van der Waals surface area contributed by atoms with Gasteiger partial charge in [-0.1, -0.05) is 6.07 Å². The average Bonchev–Trinajstić information content (AvgIpc) is 2.29. The molecule has 0 aliphatic rings. The van der Waals surface area contributed by atoms with E-state index in [4.69, 9.17) is 9.84 Å². The number of carboxylic acids is 1. The largest absolute Gasteiger partial charge is 0.478 e. The Kier molecular flexibility index (Phi) is 4.86. The fourth-order valence-electron chi connectivity index (χ4n) is 1.49. The van der Waals surface area contributed by atoms with Crippen molar-refractivity contribution >= 4 is 15.8 Å². The predicted octanol–water partition coefficient (Wildman–Crippen LogP) is 1.50. The summed E-state index contributed by atoms with van der Waals surface area (Å²) < 4.78 is 29.1. The van der Waals surface area contributed by atoms with Gasteiger partial charge >= 0.3 is 5.97 Å². The van der Waals surface area contributed by atoms with E-state index < -0.39 is 15.8 Å². The molecule has 5 nitrogen and oxygen atoms in total. The predicted molar refractivity (Wildman–Crippen MR) is 66.7 cm³/mol. The molecule has 0 fully saturated rings. The van der Waals surface area contributed by atoms with Crippen LogP contribution in [0.4, 0.5) is 0 Å². The molecule has 0 bridgehead atoms. The highest BCUT2D eigenvalue weighted by atomic mass is 32.2. The highest BCUT2D eigenvalue weighted by molar-refractivity contribution is 7.91. The maximum Gasteiger partial charge on any atom is 0.335 e. The molecule has 1 rings (SSSR count). The summed E-state index contributed by atoms with van der Waals surface area (Å²) in [7, 11) is -3.51. The summed E-state index contributed by atoms with van der Waals surface area (Å²) in [5, 5.41) is 8.86. The lowest BCUT2D eigenvalue weighted by atomic mass is 10.1. The van der Waals surface area contributed by atoms with Crippen LogP contribution in [0.2, 0.25) is 0 Å². The number of aryl methyl sites for hydroxylation is 1. The minimum atomic E-state index is -3.51. The number of hydrogen-bond donors (Lipinski definition) is 1. The second-order valence-electron chi connectivity index (χ2n) is 3.80. The van der Waals surface area contributed by atoms with Gasteiger partial charge in [-0.15, -0.1) is 0 Å². The molecule has 0 aromatic heterocycles. The molecule has 18 heavy (non-hydrogen) atoms. The molecule has 100 valence electrons. The Balaban J connectivity index is 3.07. The van der Waals surface area contributed by atoms with Crippen LogP contribution in [0.5, 0.6) is 0 Å². The van der Waals surface area contributed by atoms with Crippen molar-refractivity contribution in [1.29, 1.82) is 0 Å². The summed E-state index contributed by atoms with van der Waals surface area (Å²) in [6.07, 6.45) is 0. The maximum atomic E-state index is 12.0. The number of carboxylic acid groups (broad SMARTS) is 1. The van der Waals surface area contributed by atoms with Crippen molar-refractivity contribution in [2.75, 3.05) is 19.0 Å². The number of sulfone groups is 1. The van der Waals surface area contributed by atoms with Crippen LogP contribution in [-0.4, -0.2) is 38.5 Å². The van der Waals surface area contributed by atoms with Crippen molar-refractivity contribution in [1.82, 2.24) is 0 Å². The molecule has 0 radical (unpaired) electrons. The topological polar surface area (TPSA) is 80.7 Å². The normalized spacial score (nSPS) is 11.4. The van der Waals surface area contributed by atoms with Gasteiger partial charge < -0.3 is 9.84 Å². The Bertz CT molecular complexity index is 533. The number of aromatic carboxylic acids is 1. The third kappa shape index (κ3) is 3.54. The van der Waals surface area contributed by atoms with Gasteiger partial charge in [0, 0.05) is 6.61 Å². The third-order valence-electron chi connectivity index (χ3n) is 2.47. The Morgan fingerprint density at radius 3 is 2.61 bits per heavy atom. The molecule has 0 saturated carbocycles. The standard InChI is InChI=1S/C12H16O5S/c1-3-17-6-7-18(15,16)11-8-10(12(13)14)5-4-9(11)2/h4-5,8H,3,6-7H2,1-2H3,(H,13,14). The Labute approximate surface area is 106 Å². The number of hydrogen-bond acceptors (Lipinski definition) is 4. The van der Waals surface area contributed by atoms with Crippen LogP contribution in [-0.2, 0) is 14.6 Å². The summed E-state index contributed by atoms with van der Waals surface area (Å²) in [6.45, 7) is 3.97. The Morgan fingerprint density at radius 2 is 2.06 bits per heavy atom. The van der Waals surface area contributed by atoms with E-state index in [1.165, 1.54) is 18.2 Å². The summed E-state index contributed by atoms with van der Waals surface area (Å²) >= 11 is 0. The fraction of sp³-hybridized carbons (Fsp3) is 0.417. The van der Waals surface area contributed by atoms with Crippen LogP contribution in [0.25, 0.3) is 0 Å². The number of carbonyl (C=O) groups is 1. The van der Waals surface area contributed by atoms with Gasteiger partial charge in [-0.3, -0.25) is 0 Å². The van der Waals surface area contributed by atoms with Crippen molar-refractivity contribution in [2.45, 2.75) is 18.7 Å². The first-order chi connectivity index (χ1) is 8.38. The number of benzene rings is 1. The van der Waals surface area contributed by atoms with E-state index in [2.05, 4.69) is 0 Å². The van der Waals surface area contributed by atoms with Gasteiger partial charge in [0.1, 0.15) is 0 Å². The van der Waals surface area contributed by atoms with Crippen molar-refractivity contribution < 1.29 is 23.1 Å². The SMILES string of the molecule is CCOCCS(=O)(=O)c1cc(C(=O)O)ccc1C. The minimum Gasteiger partial charge on any atom is -0.478 e. The molecule has 1 N–H and O–H groups in total. The van der Waals surface area contributed by atoms with Crippen LogP contribution < -0.4 is 0 Å². The smallest absolute Gasteiger partial charge is 0.335 e. The highest BCUT2D eigenvalue weighted by Gasteiger charge is 2.18. The fourth-order valence-corrected chi connectivity index (χ4v) is 2.91. The van der Waals surface area contributed by atoms with Gasteiger partial charge in [0.15, 0.2) is 9.84 Å². The lowest BCUT2D eigenvalue weighted by Gasteiger charge is -2.08. The second-order valence-corrected chi connectivity index (χ2v) is 5.88. The van der Waals surface area contributed by atoms with Crippen molar-refractivity contribution in [2.24, 2.45) is 0 Å². The van der Waals surface area contributed by atoms with E-state index in [0.29, 0.717) is 12.2 Å². The van der Waals surface area contributed by atoms with Crippen molar-refractivity contribution in [3.63, 3.8) is 0 Å². The van der Waals surface area contributed by atoms with Gasteiger partial charge in [-0.05, 0) is 31.5 Å². The molecule has 0 aliphatic carbocycles. The second kappa shape index (κ2) is 5.97. The number of rotatable bonds is 6. The zero-order chi connectivity index (χ0) is 13.8. The molecule has 6 heteroatoms. The van der Waals surface area contributed by atoms with Crippen LogP contribution in [0, 0.1) is 6.92 Å². The molecule has 0 atom stereocenters. The molecular formula is C12H16O5S. The summed E-state index contributed by atoms with van der Waals surface area (Å²) in [5.41, 5.74) is 0.507. The molecule has 0 unspecified atom stereocenters. The first-order valence-corrected chi connectivity index (χ1v) is 7.18. The molecule has 1 aromatic rings. The number of ether oxygens (including phenoxy) is 1. The van der Waals surface area contributed by atoms with Crippen molar-refractivity contribution in [3.05, 3.63) is 29.3 Å². The van der Waals surface area contributed by atoms with Crippen LogP contribution >= 0.6 is 0 Å². The molecule has 0 heterocycles. The summed E-state index contributed by atoms with van der Waals surface area (Å²) in [6, 6.07) is 4.08. The first-order valence-electron chi connectivity index (χ1n) is 5.53. The summed E-state index contributed by atoms with van der Waals surface area (Å²) in [4.78, 5) is 10.9. The lowest BCUT2D eigenvalue weighted by Crippen LogP contribution is -2.14. The van der Waals surface area contributed by atoms with Crippen LogP contribution in [0.1, 0.15) is 22.8 Å². The van der Waals surface area contributed by atoms with Gasteiger partial charge in [0.2, 0.25) is 0 Å². The molecule has 0 amide bonds. The van der Waals surface area contributed by atoms with E-state index in [1.54, 1.807) is 13.8 Å². The Morgan fingerprint density at radius 1 is 1.39 bits per heavy atom. The lowest BCUT2D eigenvalue weighted by molar-refractivity contribution is 0.0696. The van der Waals surface area contributed by atoms with E-state index in [0.717, 1.165) is 0 Å². The van der Waals surface area contributed by atoms with E-state index in [-0.39, 0.29) is 22.8 Å². The molecule has 0 saturated heterocycles. The molecule has 0 aliphatic heterocycles. The quantitative estimate of drug-likeness (QED) is 0.794. The summed E-state index contributed by atoms with van der Waals surface area (Å²) in [5.74, 6) is -1.29. The zero-order valence-electron chi connectivity index (χ0n) is 10.3. The van der Waals surface area contributed by atoms with Gasteiger partial charge in [-0.2, -0.15) is 0 Å².